The summed E-state index contributed by atoms with van der Waals surface area (Å²) < 4.78 is 16.8. The van der Waals surface area contributed by atoms with Crippen molar-refractivity contribution >= 4 is 23.6 Å². The molecule has 0 aromatic heterocycles. The van der Waals surface area contributed by atoms with E-state index in [-0.39, 0.29) is 11.9 Å². The van der Waals surface area contributed by atoms with Gasteiger partial charge >= 0.3 is 12.0 Å². The Morgan fingerprint density at radius 2 is 1.81 bits per heavy atom. The van der Waals surface area contributed by atoms with Crippen LogP contribution in [0.25, 0.3) is 0 Å². The third-order valence-corrected chi connectivity index (χ3v) is 5.25. The predicted octanol–water partition coefficient (Wildman–Crippen LogP) is 4.75. The van der Waals surface area contributed by atoms with E-state index in [1.807, 2.05) is 32.9 Å². The van der Waals surface area contributed by atoms with Gasteiger partial charge in [-0.25, -0.2) is 9.59 Å². The third-order valence-electron chi connectivity index (χ3n) is 4.99. The van der Waals surface area contributed by atoms with E-state index in [0.29, 0.717) is 46.6 Å². The minimum absolute atomic E-state index is 0.0778. The maximum Gasteiger partial charge on any atom is 0.337 e. The van der Waals surface area contributed by atoms with Gasteiger partial charge in [0.05, 0.1) is 25.3 Å². The molecule has 32 heavy (non-hydrogen) atoms. The molecule has 1 unspecified atom stereocenters. The van der Waals surface area contributed by atoms with Gasteiger partial charge in [0.25, 0.3) is 0 Å². The molecule has 0 saturated heterocycles. The van der Waals surface area contributed by atoms with Crippen LogP contribution in [0.5, 0.6) is 11.5 Å². The van der Waals surface area contributed by atoms with Crippen molar-refractivity contribution in [3.05, 3.63) is 69.9 Å². The third kappa shape index (κ3) is 5.34. The van der Waals surface area contributed by atoms with Gasteiger partial charge in [0.2, 0.25) is 0 Å². The number of allylic oxidation sites excluding steroid dienone is 1. The molecule has 1 aliphatic rings. The highest BCUT2D eigenvalue weighted by Crippen LogP contribution is 2.36. The number of hydrogen-bond donors (Lipinski definition) is 2. The Morgan fingerprint density at radius 3 is 2.44 bits per heavy atom. The van der Waals surface area contributed by atoms with Crippen molar-refractivity contribution in [3.8, 4) is 11.5 Å². The Kier molecular flexibility index (Phi) is 7.64. The number of nitrogens with one attached hydrogen (secondary N) is 2. The van der Waals surface area contributed by atoms with E-state index in [2.05, 4.69) is 10.6 Å². The van der Waals surface area contributed by atoms with Crippen molar-refractivity contribution < 1.29 is 23.8 Å². The topological polar surface area (TPSA) is 85.9 Å². The summed E-state index contributed by atoms with van der Waals surface area (Å²) in [4.78, 5) is 24.9. The zero-order valence-corrected chi connectivity index (χ0v) is 19.3. The predicted molar refractivity (Wildman–Crippen MR) is 122 cm³/mol. The molecule has 2 amide bonds. The number of urea groups is 1. The zero-order chi connectivity index (χ0) is 23.3. The molecule has 170 valence electrons. The standard InChI is InChI=1S/C24H27ClN2O5/c1-5-31-19-12-16(8-11-18(19)32-13-15-6-9-17(25)10-7-15)22-20(23(28)30-4)21(14(2)3)26-24(29)27-22/h6-12,14,22H,5,13H2,1-4H3,(H2,26,27,29). The molecule has 2 aromatic rings. The summed E-state index contributed by atoms with van der Waals surface area (Å²) in [5.41, 5.74) is 2.54. The minimum Gasteiger partial charge on any atom is -0.490 e. The number of rotatable bonds is 8. The second-order valence-corrected chi connectivity index (χ2v) is 8.00. The number of hydrogen-bond acceptors (Lipinski definition) is 5. The van der Waals surface area contributed by atoms with Crippen LogP contribution in [0.3, 0.4) is 0 Å². The highest BCUT2D eigenvalue weighted by Gasteiger charge is 2.34. The molecule has 2 aromatic carbocycles. The maximum absolute atomic E-state index is 12.6. The molecular weight excluding hydrogens is 432 g/mol. The maximum atomic E-state index is 12.6. The fourth-order valence-corrected chi connectivity index (χ4v) is 3.59. The average molecular weight is 459 g/mol. The van der Waals surface area contributed by atoms with Crippen LogP contribution in [-0.2, 0) is 16.1 Å². The molecule has 1 aliphatic heterocycles. The SMILES string of the molecule is CCOc1cc(C2NC(=O)NC(C(C)C)=C2C(=O)OC)ccc1OCc1ccc(Cl)cc1. The first-order valence-corrected chi connectivity index (χ1v) is 10.8. The Hall–Kier alpha value is -3.19. The van der Waals surface area contributed by atoms with Crippen LogP contribution in [0.15, 0.2) is 53.7 Å². The van der Waals surface area contributed by atoms with Crippen molar-refractivity contribution in [2.75, 3.05) is 13.7 Å². The first-order valence-electron chi connectivity index (χ1n) is 10.4. The number of esters is 1. The fourth-order valence-electron chi connectivity index (χ4n) is 3.46. The minimum atomic E-state index is -0.682. The molecule has 0 radical (unpaired) electrons. The molecule has 2 N–H and O–H groups in total. The summed E-state index contributed by atoms with van der Waals surface area (Å²) in [7, 11) is 1.32. The Balaban J connectivity index is 1.95. The number of methoxy groups -OCH3 is 1. The molecule has 3 rings (SSSR count). The van der Waals surface area contributed by atoms with Crippen molar-refractivity contribution in [1.82, 2.24) is 10.6 Å². The van der Waals surface area contributed by atoms with E-state index in [0.717, 1.165) is 5.56 Å². The number of carbonyl (C=O) groups is 2. The van der Waals surface area contributed by atoms with Gasteiger partial charge < -0.3 is 24.8 Å². The van der Waals surface area contributed by atoms with Gasteiger partial charge in [-0.2, -0.15) is 0 Å². The number of amides is 2. The Morgan fingerprint density at radius 1 is 1.09 bits per heavy atom. The Bertz CT molecular complexity index is 1020. The summed E-state index contributed by atoms with van der Waals surface area (Å²) >= 11 is 5.94. The molecule has 1 atom stereocenters. The van der Waals surface area contributed by atoms with Crippen LogP contribution in [0.2, 0.25) is 5.02 Å². The Labute approximate surface area is 192 Å². The highest BCUT2D eigenvalue weighted by molar-refractivity contribution is 6.30. The summed E-state index contributed by atoms with van der Waals surface area (Å²) in [5.74, 6) is 0.485. The number of carbonyl (C=O) groups excluding carboxylic acids is 2. The van der Waals surface area contributed by atoms with E-state index < -0.39 is 12.0 Å². The fraction of sp³-hybridized carbons (Fsp3) is 0.333. The average Bonchev–Trinajstić information content (AvgIpc) is 2.78. The molecule has 8 heteroatoms. The number of benzene rings is 2. The van der Waals surface area contributed by atoms with Crippen molar-refractivity contribution in [3.63, 3.8) is 0 Å². The van der Waals surface area contributed by atoms with Crippen LogP contribution < -0.4 is 20.1 Å². The summed E-state index contributed by atoms with van der Waals surface area (Å²) in [6.45, 7) is 6.45. The van der Waals surface area contributed by atoms with Crippen LogP contribution in [0.1, 0.15) is 37.9 Å². The summed E-state index contributed by atoms with van der Waals surface area (Å²) in [6.07, 6.45) is 0. The second kappa shape index (κ2) is 10.4. The molecule has 0 spiro atoms. The molecule has 0 saturated carbocycles. The molecule has 0 bridgehead atoms. The van der Waals surface area contributed by atoms with Crippen molar-refractivity contribution in [1.29, 1.82) is 0 Å². The lowest BCUT2D eigenvalue weighted by atomic mass is 9.91. The van der Waals surface area contributed by atoms with E-state index in [1.165, 1.54) is 7.11 Å². The van der Waals surface area contributed by atoms with Crippen LogP contribution in [-0.4, -0.2) is 25.7 Å². The van der Waals surface area contributed by atoms with Gasteiger partial charge in [0, 0.05) is 10.7 Å². The zero-order valence-electron chi connectivity index (χ0n) is 18.5. The molecule has 7 nitrogen and oxygen atoms in total. The van der Waals surface area contributed by atoms with Crippen molar-refractivity contribution in [2.24, 2.45) is 5.92 Å². The van der Waals surface area contributed by atoms with E-state index in [4.69, 9.17) is 25.8 Å². The van der Waals surface area contributed by atoms with Crippen LogP contribution in [0, 0.1) is 5.92 Å². The van der Waals surface area contributed by atoms with Gasteiger partial charge in [-0.1, -0.05) is 43.6 Å². The first kappa shape index (κ1) is 23.5. The lowest BCUT2D eigenvalue weighted by Gasteiger charge is -2.31. The lowest BCUT2D eigenvalue weighted by molar-refractivity contribution is -0.136. The largest absolute Gasteiger partial charge is 0.490 e. The number of ether oxygens (including phenoxy) is 3. The molecule has 0 fully saturated rings. The van der Waals surface area contributed by atoms with E-state index in [1.54, 1.807) is 30.3 Å². The van der Waals surface area contributed by atoms with Gasteiger partial charge in [0.15, 0.2) is 11.5 Å². The molecule has 0 aliphatic carbocycles. The van der Waals surface area contributed by atoms with Gasteiger partial charge in [-0.15, -0.1) is 0 Å². The second-order valence-electron chi connectivity index (χ2n) is 7.56. The molecule has 1 heterocycles. The highest BCUT2D eigenvalue weighted by atomic mass is 35.5. The first-order chi connectivity index (χ1) is 15.3. The normalized spacial score (nSPS) is 15.8. The van der Waals surface area contributed by atoms with Gasteiger partial charge in [-0.3, -0.25) is 0 Å². The smallest absolute Gasteiger partial charge is 0.337 e. The van der Waals surface area contributed by atoms with Gasteiger partial charge in [-0.05, 0) is 48.2 Å². The summed E-state index contributed by atoms with van der Waals surface area (Å²) in [6, 6.07) is 11.7. The number of halogens is 1. The molecular formula is C24H27ClN2O5. The van der Waals surface area contributed by atoms with E-state index in [9.17, 15) is 9.59 Å². The van der Waals surface area contributed by atoms with Gasteiger partial charge in [0.1, 0.15) is 6.61 Å². The van der Waals surface area contributed by atoms with Crippen LogP contribution >= 0.6 is 11.6 Å². The van der Waals surface area contributed by atoms with Crippen LogP contribution in [0.4, 0.5) is 4.79 Å². The summed E-state index contributed by atoms with van der Waals surface area (Å²) in [5, 5.41) is 6.21. The lowest BCUT2D eigenvalue weighted by Crippen LogP contribution is -2.47. The van der Waals surface area contributed by atoms with Crippen molar-refractivity contribution in [2.45, 2.75) is 33.4 Å². The van der Waals surface area contributed by atoms with E-state index >= 15 is 0 Å². The quantitative estimate of drug-likeness (QED) is 0.557. The monoisotopic (exact) mass is 458 g/mol.